The number of hydrogen-bond donors (Lipinski definition) is 4. The van der Waals surface area contributed by atoms with Gasteiger partial charge in [-0.25, -0.2) is 0 Å². The average molecular weight is 366 g/mol. The molecule has 10 nitrogen and oxygen atoms in total. The number of nitrogens with zero attached hydrogens (tertiary/aromatic N) is 2. The molecule has 2 aromatic carbocycles. The Morgan fingerprint density at radius 1 is 0.769 bits per heavy atom. The SMILES string of the molecule is CCc1c([N+](=O)[O-])ccc(O)c1O.CCc1ccc([N+](=O)[O-])c(O)c1O. The molecule has 0 spiro atoms. The van der Waals surface area contributed by atoms with Crippen molar-refractivity contribution in [3.05, 3.63) is 55.6 Å². The summed E-state index contributed by atoms with van der Waals surface area (Å²) in [5, 5.41) is 57.6. The first kappa shape index (κ1) is 20.5. The van der Waals surface area contributed by atoms with Crippen molar-refractivity contribution in [2.45, 2.75) is 26.7 Å². The Hall–Kier alpha value is -3.56. The topological polar surface area (TPSA) is 167 Å². The van der Waals surface area contributed by atoms with Crippen molar-refractivity contribution in [1.29, 1.82) is 0 Å². The third-order valence-corrected chi connectivity index (χ3v) is 3.58. The number of phenolic OH excluding ortho intramolecular Hbond substituents is 4. The van der Waals surface area contributed by atoms with Crippen LogP contribution in [0.2, 0.25) is 0 Å². The van der Waals surface area contributed by atoms with Crippen LogP contribution in [-0.2, 0) is 12.8 Å². The van der Waals surface area contributed by atoms with Gasteiger partial charge in [0.15, 0.2) is 17.2 Å². The van der Waals surface area contributed by atoms with E-state index in [1.807, 2.05) is 0 Å². The van der Waals surface area contributed by atoms with Gasteiger partial charge in [0.2, 0.25) is 5.75 Å². The Morgan fingerprint density at radius 3 is 1.77 bits per heavy atom. The minimum absolute atomic E-state index is 0.157. The lowest BCUT2D eigenvalue weighted by Gasteiger charge is -2.03. The van der Waals surface area contributed by atoms with Gasteiger partial charge in [0.05, 0.1) is 15.4 Å². The summed E-state index contributed by atoms with van der Waals surface area (Å²) in [6, 6.07) is 4.88. The molecule has 26 heavy (non-hydrogen) atoms. The highest BCUT2D eigenvalue weighted by atomic mass is 16.6. The zero-order chi connectivity index (χ0) is 20.0. The first-order valence-corrected chi connectivity index (χ1v) is 7.51. The molecule has 0 atom stereocenters. The van der Waals surface area contributed by atoms with E-state index in [1.54, 1.807) is 13.8 Å². The predicted octanol–water partition coefficient (Wildman–Crippen LogP) is 3.14. The van der Waals surface area contributed by atoms with Crippen molar-refractivity contribution in [3.63, 3.8) is 0 Å². The number of nitro groups is 2. The van der Waals surface area contributed by atoms with Crippen LogP contribution in [0, 0.1) is 20.2 Å². The van der Waals surface area contributed by atoms with Crippen LogP contribution < -0.4 is 0 Å². The van der Waals surface area contributed by atoms with Crippen LogP contribution in [0.25, 0.3) is 0 Å². The van der Waals surface area contributed by atoms with E-state index in [0.717, 1.165) is 6.07 Å². The Kier molecular flexibility index (Phi) is 6.71. The second-order valence-electron chi connectivity index (χ2n) is 5.09. The molecule has 0 aliphatic rings. The van der Waals surface area contributed by atoms with E-state index in [9.17, 15) is 35.5 Å². The van der Waals surface area contributed by atoms with Crippen molar-refractivity contribution in [3.8, 4) is 23.0 Å². The molecule has 0 heterocycles. The Bertz CT molecular complexity index is 835. The molecule has 0 radical (unpaired) electrons. The van der Waals surface area contributed by atoms with Gasteiger partial charge in [-0.05, 0) is 30.5 Å². The Morgan fingerprint density at radius 2 is 1.31 bits per heavy atom. The molecular weight excluding hydrogens is 348 g/mol. The van der Waals surface area contributed by atoms with E-state index in [4.69, 9.17) is 5.11 Å². The summed E-state index contributed by atoms with van der Waals surface area (Å²) in [7, 11) is 0. The molecule has 10 heteroatoms. The molecule has 140 valence electrons. The molecule has 0 aliphatic carbocycles. The van der Waals surface area contributed by atoms with Gasteiger partial charge in [-0.2, -0.15) is 0 Å². The molecule has 2 rings (SSSR count). The van der Waals surface area contributed by atoms with Gasteiger partial charge in [0.1, 0.15) is 0 Å². The van der Waals surface area contributed by atoms with E-state index in [0.29, 0.717) is 18.4 Å². The summed E-state index contributed by atoms with van der Waals surface area (Å²) in [5.74, 6) is -1.81. The van der Waals surface area contributed by atoms with E-state index in [-0.39, 0.29) is 17.0 Å². The first-order chi connectivity index (χ1) is 12.1. The second kappa shape index (κ2) is 8.51. The van der Waals surface area contributed by atoms with Crippen LogP contribution in [0.3, 0.4) is 0 Å². The molecular formula is C16H18N2O8. The standard InChI is InChI=1S/2C8H9NO4/c1-2-5-6(9(12)13)3-4-7(10)8(5)11;1-2-5-3-4-6(9(12)13)8(11)7(5)10/h2*3-4,10-11H,2H2,1H3. The minimum atomic E-state index is -0.742. The first-order valence-electron chi connectivity index (χ1n) is 7.51. The fourth-order valence-electron chi connectivity index (χ4n) is 2.18. The van der Waals surface area contributed by atoms with Gasteiger partial charge in [-0.15, -0.1) is 0 Å². The molecule has 0 aliphatic heterocycles. The van der Waals surface area contributed by atoms with Crippen molar-refractivity contribution in [1.82, 2.24) is 0 Å². The summed E-state index contributed by atoms with van der Waals surface area (Å²) in [5.41, 5.74) is 0.000556. The lowest BCUT2D eigenvalue weighted by molar-refractivity contribution is -0.386. The lowest BCUT2D eigenvalue weighted by atomic mass is 10.1. The van der Waals surface area contributed by atoms with Gasteiger partial charge >= 0.3 is 5.69 Å². The highest BCUT2D eigenvalue weighted by Crippen LogP contribution is 2.37. The van der Waals surface area contributed by atoms with Gasteiger partial charge in [-0.1, -0.05) is 13.8 Å². The molecule has 0 fully saturated rings. The Balaban J connectivity index is 0.000000260. The maximum atomic E-state index is 10.5. The summed E-state index contributed by atoms with van der Waals surface area (Å²) in [6.45, 7) is 3.45. The van der Waals surface area contributed by atoms with Crippen LogP contribution in [0.4, 0.5) is 11.4 Å². The summed E-state index contributed by atoms with van der Waals surface area (Å²) >= 11 is 0. The van der Waals surface area contributed by atoms with Crippen molar-refractivity contribution < 1.29 is 30.3 Å². The van der Waals surface area contributed by atoms with E-state index >= 15 is 0 Å². The van der Waals surface area contributed by atoms with Crippen LogP contribution in [0.1, 0.15) is 25.0 Å². The summed E-state index contributed by atoms with van der Waals surface area (Å²) < 4.78 is 0. The monoisotopic (exact) mass is 366 g/mol. The van der Waals surface area contributed by atoms with Gasteiger partial charge in [-0.3, -0.25) is 20.2 Å². The third kappa shape index (κ3) is 4.29. The molecule has 0 aromatic heterocycles. The van der Waals surface area contributed by atoms with Gasteiger partial charge in [0.25, 0.3) is 5.69 Å². The summed E-state index contributed by atoms with van der Waals surface area (Å²) in [4.78, 5) is 19.4. The molecule has 0 bridgehead atoms. The van der Waals surface area contributed by atoms with Crippen molar-refractivity contribution in [2.24, 2.45) is 0 Å². The minimum Gasteiger partial charge on any atom is -0.504 e. The third-order valence-electron chi connectivity index (χ3n) is 3.58. The largest absolute Gasteiger partial charge is 0.504 e. The zero-order valence-electron chi connectivity index (χ0n) is 14.0. The van der Waals surface area contributed by atoms with Crippen LogP contribution in [-0.4, -0.2) is 30.3 Å². The second-order valence-corrected chi connectivity index (χ2v) is 5.09. The maximum Gasteiger partial charge on any atom is 0.314 e. The zero-order valence-corrected chi connectivity index (χ0v) is 14.0. The number of benzene rings is 2. The molecule has 2 aromatic rings. The van der Waals surface area contributed by atoms with Crippen LogP contribution >= 0.6 is 0 Å². The highest BCUT2D eigenvalue weighted by molar-refractivity contribution is 5.57. The fraction of sp³-hybridized carbons (Fsp3) is 0.250. The number of rotatable bonds is 4. The molecule has 0 saturated heterocycles. The molecule has 4 N–H and O–H groups in total. The van der Waals surface area contributed by atoms with Crippen LogP contribution in [0.15, 0.2) is 24.3 Å². The normalized spacial score (nSPS) is 9.92. The van der Waals surface area contributed by atoms with Crippen molar-refractivity contribution in [2.75, 3.05) is 0 Å². The number of nitro benzene ring substituents is 2. The van der Waals surface area contributed by atoms with Crippen LogP contribution in [0.5, 0.6) is 23.0 Å². The van der Waals surface area contributed by atoms with Gasteiger partial charge in [0, 0.05) is 12.1 Å². The fourth-order valence-corrected chi connectivity index (χ4v) is 2.18. The predicted molar refractivity (Wildman–Crippen MR) is 91.6 cm³/mol. The van der Waals surface area contributed by atoms with E-state index < -0.39 is 32.8 Å². The average Bonchev–Trinajstić information content (AvgIpc) is 2.59. The number of phenols is 4. The number of aryl methyl sites for hydroxylation is 1. The van der Waals surface area contributed by atoms with Crippen molar-refractivity contribution >= 4 is 11.4 Å². The summed E-state index contributed by atoms with van der Waals surface area (Å²) in [6.07, 6.45) is 0.813. The molecule has 0 amide bonds. The number of aromatic hydroxyl groups is 4. The molecule has 0 unspecified atom stereocenters. The maximum absolute atomic E-state index is 10.5. The quantitative estimate of drug-likeness (QED) is 0.363. The van der Waals surface area contributed by atoms with Gasteiger partial charge < -0.3 is 20.4 Å². The lowest BCUT2D eigenvalue weighted by Crippen LogP contribution is -1.94. The smallest absolute Gasteiger partial charge is 0.314 e. The van der Waals surface area contributed by atoms with E-state index in [1.165, 1.54) is 18.2 Å². The highest BCUT2D eigenvalue weighted by Gasteiger charge is 2.19. The van der Waals surface area contributed by atoms with E-state index in [2.05, 4.69) is 0 Å². The number of hydrogen-bond acceptors (Lipinski definition) is 8. The Labute approximate surface area is 147 Å². The molecule has 0 saturated carbocycles.